The van der Waals surface area contributed by atoms with Crippen molar-refractivity contribution in [3.8, 4) is 0 Å². The number of rotatable bonds is 5. The van der Waals surface area contributed by atoms with Gasteiger partial charge in [-0.2, -0.15) is 0 Å². The standard InChI is InChI=1S/C15H15ClN2O3/c1-9(6-7-13(19)20)17-15(21)12-8-10-4-2-3-5-11(10)14(16)18-12/h2-5,8-9H,6-7H2,1H3,(H,17,21)(H,19,20). The number of pyridine rings is 1. The number of nitrogens with zero attached hydrogens (tertiary/aromatic N) is 1. The number of hydrogen-bond acceptors (Lipinski definition) is 3. The predicted octanol–water partition coefficient (Wildman–Crippen LogP) is 2.87. The van der Waals surface area contributed by atoms with E-state index >= 15 is 0 Å². The molecule has 1 atom stereocenters. The first-order valence-corrected chi connectivity index (χ1v) is 6.93. The fraction of sp³-hybridized carbons (Fsp3) is 0.267. The van der Waals surface area contributed by atoms with Gasteiger partial charge in [-0.3, -0.25) is 9.59 Å². The Morgan fingerprint density at radius 3 is 2.81 bits per heavy atom. The average molecular weight is 307 g/mol. The number of hydrogen-bond donors (Lipinski definition) is 2. The predicted molar refractivity (Wildman–Crippen MR) is 80.6 cm³/mol. The first kappa shape index (κ1) is 15.3. The van der Waals surface area contributed by atoms with Crippen LogP contribution in [0.15, 0.2) is 30.3 Å². The summed E-state index contributed by atoms with van der Waals surface area (Å²) in [6.45, 7) is 1.75. The molecule has 21 heavy (non-hydrogen) atoms. The Labute approximate surface area is 126 Å². The van der Waals surface area contributed by atoms with E-state index in [1.165, 1.54) is 0 Å². The molecule has 1 aromatic carbocycles. The molecule has 0 saturated carbocycles. The van der Waals surface area contributed by atoms with Crippen LogP contribution in [-0.4, -0.2) is 28.0 Å². The van der Waals surface area contributed by atoms with Crippen molar-refractivity contribution >= 4 is 34.2 Å². The molecule has 1 aromatic heterocycles. The molecule has 0 spiro atoms. The van der Waals surface area contributed by atoms with Crippen molar-refractivity contribution in [2.45, 2.75) is 25.8 Å². The third-order valence-corrected chi connectivity index (χ3v) is 3.38. The lowest BCUT2D eigenvalue weighted by Crippen LogP contribution is -2.33. The lowest BCUT2D eigenvalue weighted by molar-refractivity contribution is -0.137. The number of fused-ring (bicyclic) bond motifs is 1. The Balaban J connectivity index is 2.14. The van der Waals surface area contributed by atoms with Crippen LogP contribution in [0, 0.1) is 0 Å². The molecule has 2 rings (SSSR count). The lowest BCUT2D eigenvalue weighted by atomic mass is 10.1. The summed E-state index contributed by atoms with van der Waals surface area (Å²) < 4.78 is 0. The number of carboxylic acid groups (broad SMARTS) is 1. The highest BCUT2D eigenvalue weighted by atomic mass is 35.5. The van der Waals surface area contributed by atoms with Gasteiger partial charge in [0.15, 0.2) is 0 Å². The second-order valence-electron chi connectivity index (χ2n) is 4.83. The zero-order chi connectivity index (χ0) is 15.4. The van der Waals surface area contributed by atoms with Gasteiger partial charge in [-0.05, 0) is 24.8 Å². The molecule has 110 valence electrons. The first-order chi connectivity index (χ1) is 9.97. The van der Waals surface area contributed by atoms with Gasteiger partial charge in [0.2, 0.25) is 0 Å². The van der Waals surface area contributed by atoms with E-state index in [1.807, 2.05) is 24.3 Å². The molecule has 0 radical (unpaired) electrons. The highest BCUT2D eigenvalue weighted by Gasteiger charge is 2.14. The summed E-state index contributed by atoms with van der Waals surface area (Å²) >= 11 is 6.08. The van der Waals surface area contributed by atoms with Gasteiger partial charge in [-0.15, -0.1) is 0 Å². The summed E-state index contributed by atoms with van der Waals surface area (Å²) in [6, 6.07) is 8.82. The minimum Gasteiger partial charge on any atom is -0.481 e. The molecule has 6 heteroatoms. The second kappa shape index (κ2) is 6.54. The van der Waals surface area contributed by atoms with Crippen molar-refractivity contribution in [3.63, 3.8) is 0 Å². The van der Waals surface area contributed by atoms with E-state index < -0.39 is 5.97 Å². The number of carbonyl (C=O) groups excluding carboxylic acids is 1. The molecule has 0 aliphatic heterocycles. The van der Waals surface area contributed by atoms with Gasteiger partial charge in [0.05, 0.1) is 0 Å². The van der Waals surface area contributed by atoms with E-state index in [0.717, 1.165) is 10.8 Å². The zero-order valence-corrected chi connectivity index (χ0v) is 12.2. The molecule has 1 amide bonds. The van der Waals surface area contributed by atoms with Crippen LogP contribution in [0.4, 0.5) is 0 Å². The number of benzene rings is 1. The molecule has 0 aliphatic rings. The molecule has 1 unspecified atom stereocenters. The van der Waals surface area contributed by atoms with Crippen molar-refractivity contribution in [2.75, 3.05) is 0 Å². The zero-order valence-electron chi connectivity index (χ0n) is 11.5. The van der Waals surface area contributed by atoms with Crippen LogP contribution in [0.2, 0.25) is 5.15 Å². The summed E-state index contributed by atoms with van der Waals surface area (Å²) in [4.78, 5) is 26.7. The molecule has 5 nitrogen and oxygen atoms in total. The van der Waals surface area contributed by atoms with Crippen LogP contribution in [0.1, 0.15) is 30.3 Å². The third kappa shape index (κ3) is 3.92. The molecular formula is C15H15ClN2O3. The monoisotopic (exact) mass is 306 g/mol. The van der Waals surface area contributed by atoms with Crippen LogP contribution in [-0.2, 0) is 4.79 Å². The Bertz CT molecular complexity index is 688. The largest absolute Gasteiger partial charge is 0.481 e. The van der Waals surface area contributed by atoms with Crippen LogP contribution in [0.5, 0.6) is 0 Å². The molecule has 0 saturated heterocycles. The van der Waals surface area contributed by atoms with Gasteiger partial charge in [-0.25, -0.2) is 4.98 Å². The highest BCUT2D eigenvalue weighted by molar-refractivity contribution is 6.34. The van der Waals surface area contributed by atoms with Gasteiger partial charge in [-0.1, -0.05) is 35.9 Å². The van der Waals surface area contributed by atoms with Crippen molar-refractivity contribution in [3.05, 3.63) is 41.2 Å². The number of carbonyl (C=O) groups is 2. The van der Waals surface area contributed by atoms with Crippen molar-refractivity contribution in [1.82, 2.24) is 10.3 Å². The van der Waals surface area contributed by atoms with E-state index in [2.05, 4.69) is 10.3 Å². The van der Waals surface area contributed by atoms with E-state index in [1.54, 1.807) is 13.0 Å². The van der Waals surface area contributed by atoms with Crippen LogP contribution < -0.4 is 5.32 Å². The quantitative estimate of drug-likeness (QED) is 0.832. The fourth-order valence-electron chi connectivity index (χ4n) is 1.98. The fourth-order valence-corrected chi connectivity index (χ4v) is 2.25. The van der Waals surface area contributed by atoms with Gasteiger partial charge in [0.1, 0.15) is 10.8 Å². The maximum atomic E-state index is 12.1. The number of nitrogens with one attached hydrogen (secondary N) is 1. The Hall–Kier alpha value is -2.14. The Kier molecular flexibility index (Phi) is 4.75. The topological polar surface area (TPSA) is 79.3 Å². The van der Waals surface area contributed by atoms with Gasteiger partial charge in [0, 0.05) is 17.8 Å². The minimum absolute atomic E-state index is 0.00729. The summed E-state index contributed by atoms with van der Waals surface area (Å²) in [5.41, 5.74) is 0.223. The number of halogens is 1. The van der Waals surface area contributed by atoms with Crippen LogP contribution >= 0.6 is 11.6 Å². The number of aliphatic carboxylic acids is 1. The van der Waals surface area contributed by atoms with Gasteiger partial charge >= 0.3 is 5.97 Å². The molecule has 2 aromatic rings. The number of amides is 1. The third-order valence-electron chi connectivity index (χ3n) is 3.10. The molecule has 1 heterocycles. The maximum Gasteiger partial charge on any atom is 0.303 e. The lowest BCUT2D eigenvalue weighted by Gasteiger charge is -2.13. The summed E-state index contributed by atoms with van der Waals surface area (Å²) in [6.07, 6.45) is 0.371. The molecule has 0 aliphatic carbocycles. The summed E-state index contributed by atoms with van der Waals surface area (Å²) in [7, 11) is 0. The SMILES string of the molecule is CC(CCC(=O)O)NC(=O)c1cc2ccccc2c(Cl)n1. The molecule has 0 fully saturated rings. The van der Waals surface area contributed by atoms with Crippen LogP contribution in [0.25, 0.3) is 10.8 Å². The van der Waals surface area contributed by atoms with Crippen LogP contribution in [0.3, 0.4) is 0 Å². The highest BCUT2D eigenvalue weighted by Crippen LogP contribution is 2.22. The molecule has 0 bridgehead atoms. The molecular weight excluding hydrogens is 292 g/mol. The normalized spacial score (nSPS) is 12.1. The summed E-state index contributed by atoms with van der Waals surface area (Å²) in [5.74, 6) is -1.25. The number of aromatic nitrogens is 1. The average Bonchev–Trinajstić information content (AvgIpc) is 2.45. The summed E-state index contributed by atoms with van der Waals surface area (Å²) in [5, 5.41) is 13.2. The smallest absolute Gasteiger partial charge is 0.303 e. The van der Waals surface area contributed by atoms with E-state index in [9.17, 15) is 9.59 Å². The minimum atomic E-state index is -0.886. The van der Waals surface area contributed by atoms with Crippen molar-refractivity contribution < 1.29 is 14.7 Å². The Morgan fingerprint density at radius 2 is 2.10 bits per heavy atom. The van der Waals surface area contributed by atoms with E-state index in [4.69, 9.17) is 16.7 Å². The van der Waals surface area contributed by atoms with Crippen molar-refractivity contribution in [2.24, 2.45) is 0 Å². The van der Waals surface area contributed by atoms with Gasteiger partial charge in [0.25, 0.3) is 5.91 Å². The Morgan fingerprint density at radius 1 is 1.38 bits per heavy atom. The first-order valence-electron chi connectivity index (χ1n) is 6.55. The van der Waals surface area contributed by atoms with E-state index in [0.29, 0.717) is 6.42 Å². The van der Waals surface area contributed by atoms with E-state index in [-0.39, 0.29) is 29.2 Å². The molecule has 2 N–H and O–H groups in total. The van der Waals surface area contributed by atoms with Gasteiger partial charge < -0.3 is 10.4 Å². The maximum absolute atomic E-state index is 12.1. The number of carboxylic acids is 1. The van der Waals surface area contributed by atoms with Crippen molar-refractivity contribution in [1.29, 1.82) is 0 Å². The second-order valence-corrected chi connectivity index (χ2v) is 5.18.